The first-order valence-electron chi connectivity index (χ1n) is 2.53. The molecule has 0 aliphatic heterocycles. The highest BCUT2D eigenvalue weighted by Gasteiger charge is 2.07. The van der Waals surface area contributed by atoms with Crippen molar-refractivity contribution in [1.82, 2.24) is 0 Å². The number of carboxylic acids is 1. The van der Waals surface area contributed by atoms with Crippen molar-refractivity contribution in [1.29, 1.82) is 0 Å². The molecule has 0 bridgehead atoms. The van der Waals surface area contributed by atoms with Crippen LogP contribution in [0.25, 0.3) is 0 Å². The van der Waals surface area contributed by atoms with Crippen LogP contribution in [0.2, 0.25) is 0 Å². The van der Waals surface area contributed by atoms with Gasteiger partial charge in [-0.2, -0.15) is 0 Å². The Hall–Kier alpha value is -0.180. The molecule has 0 spiro atoms. The third-order valence-corrected chi connectivity index (χ3v) is 1.80. The Kier molecular flexibility index (Phi) is 3.69. The number of hydrogen-bond acceptors (Lipinski definition) is 2. The first kappa shape index (κ1) is 7.82. The second kappa shape index (κ2) is 3.78. The Labute approximate surface area is 53.3 Å². The van der Waals surface area contributed by atoms with Gasteiger partial charge in [-0.15, -0.1) is 11.8 Å². The summed E-state index contributed by atoms with van der Waals surface area (Å²) in [7, 11) is 0. The Morgan fingerprint density at radius 3 is 2.50 bits per heavy atom. The Morgan fingerprint density at radius 2 is 2.38 bits per heavy atom. The van der Waals surface area contributed by atoms with E-state index in [1.54, 1.807) is 6.92 Å². The molecule has 8 heavy (non-hydrogen) atoms. The topological polar surface area (TPSA) is 37.3 Å². The van der Waals surface area contributed by atoms with Crippen LogP contribution in [0.15, 0.2) is 0 Å². The van der Waals surface area contributed by atoms with Crippen LogP contribution in [0, 0.1) is 0 Å². The molecule has 0 aromatic heterocycles. The molecular formula is C5H10O2S. The molecule has 0 aliphatic carbocycles. The summed E-state index contributed by atoms with van der Waals surface area (Å²) in [6.07, 6.45) is 0. The summed E-state index contributed by atoms with van der Waals surface area (Å²) in [5.41, 5.74) is 0. The van der Waals surface area contributed by atoms with Gasteiger partial charge >= 0.3 is 5.97 Å². The van der Waals surface area contributed by atoms with Crippen molar-refractivity contribution in [3.63, 3.8) is 0 Å². The zero-order valence-electron chi connectivity index (χ0n) is 5.05. The van der Waals surface area contributed by atoms with Gasteiger partial charge in [-0.25, -0.2) is 0 Å². The molecule has 0 heterocycles. The van der Waals surface area contributed by atoms with E-state index in [4.69, 9.17) is 5.11 Å². The van der Waals surface area contributed by atoms with E-state index in [-0.39, 0.29) is 5.25 Å². The summed E-state index contributed by atoms with van der Waals surface area (Å²) in [6.45, 7) is 3.64. The smallest absolute Gasteiger partial charge is 0.316 e. The van der Waals surface area contributed by atoms with Crippen LogP contribution < -0.4 is 0 Å². The van der Waals surface area contributed by atoms with Crippen molar-refractivity contribution >= 4 is 17.7 Å². The lowest BCUT2D eigenvalue weighted by molar-refractivity contribution is -0.136. The van der Waals surface area contributed by atoms with Crippen molar-refractivity contribution in [3.05, 3.63) is 0 Å². The fraction of sp³-hybridized carbons (Fsp3) is 0.800. The fourth-order valence-corrected chi connectivity index (χ4v) is 0.964. The van der Waals surface area contributed by atoms with E-state index in [1.807, 2.05) is 6.92 Å². The van der Waals surface area contributed by atoms with Gasteiger partial charge in [0.05, 0.1) is 5.25 Å². The normalized spacial score (nSPS) is 13.2. The van der Waals surface area contributed by atoms with E-state index in [0.717, 1.165) is 5.75 Å². The van der Waals surface area contributed by atoms with Crippen LogP contribution in [0.3, 0.4) is 0 Å². The molecule has 3 heteroatoms. The SMILES string of the molecule is CCS[C@@H](C)C(=O)O. The lowest BCUT2D eigenvalue weighted by Crippen LogP contribution is -2.11. The van der Waals surface area contributed by atoms with E-state index in [9.17, 15) is 4.79 Å². The van der Waals surface area contributed by atoms with E-state index < -0.39 is 5.97 Å². The number of carbonyl (C=O) groups is 1. The van der Waals surface area contributed by atoms with Crippen LogP contribution in [-0.2, 0) is 4.79 Å². The molecule has 0 aliphatic rings. The summed E-state index contributed by atoms with van der Waals surface area (Å²) >= 11 is 1.44. The zero-order chi connectivity index (χ0) is 6.57. The van der Waals surface area contributed by atoms with Gasteiger partial charge in [-0.3, -0.25) is 4.79 Å². The van der Waals surface area contributed by atoms with Crippen molar-refractivity contribution in [2.24, 2.45) is 0 Å². The van der Waals surface area contributed by atoms with Gasteiger partial charge in [0, 0.05) is 0 Å². The highest BCUT2D eigenvalue weighted by Crippen LogP contribution is 2.07. The van der Waals surface area contributed by atoms with Gasteiger partial charge in [-0.05, 0) is 12.7 Å². The van der Waals surface area contributed by atoms with Crippen LogP contribution in [0.5, 0.6) is 0 Å². The van der Waals surface area contributed by atoms with Crippen molar-refractivity contribution in [2.45, 2.75) is 19.1 Å². The molecule has 0 saturated heterocycles. The maximum Gasteiger partial charge on any atom is 0.316 e. The largest absolute Gasteiger partial charge is 0.480 e. The molecule has 0 fully saturated rings. The Balaban J connectivity index is 3.32. The molecule has 0 aromatic rings. The summed E-state index contributed by atoms with van der Waals surface area (Å²) in [4.78, 5) is 10.1. The fourth-order valence-electron chi connectivity index (χ4n) is 0.321. The molecule has 0 amide bonds. The van der Waals surface area contributed by atoms with Gasteiger partial charge < -0.3 is 5.11 Å². The minimum absolute atomic E-state index is 0.250. The van der Waals surface area contributed by atoms with Crippen LogP contribution in [-0.4, -0.2) is 22.1 Å². The van der Waals surface area contributed by atoms with E-state index >= 15 is 0 Å². The predicted molar refractivity (Wildman–Crippen MR) is 35.2 cm³/mol. The standard InChI is InChI=1S/C5H10O2S/c1-3-8-4(2)5(6)7/h4H,3H2,1-2H3,(H,6,7)/t4-/m0/s1. The van der Waals surface area contributed by atoms with Gasteiger partial charge in [0.2, 0.25) is 0 Å². The first-order chi connectivity index (χ1) is 3.68. The highest BCUT2D eigenvalue weighted by molar-refractivity contribution is 8.00. The quantitative estimate of drug-likeness (QED) is 0.630. The van der Waals surface area contributed by atoms with E-state index in [2.05, 4.69) is 0 Å². The number of rotatable bonds is 3. The average Bonchev–Trinajstić information content (AvgIpc) is 1.67. The van der Waals surface area contributed by atoms with Gasteiger partial charge in [-0.1, -0.05) is 6.92 Å². The highest BCUT2D eigenvalue weighted by atomic mass is 32.2. The predicted octanol–water partition coefficient (Wildman–Crippen LogP) is 1.21. The maximum absolute atomic E-state index is 10.1. The summed E-state index contributed by atoms with van der Waals surface area (Å²) < 4.78 is 0. The zero-order valence-corrected chi connectivity index (χ0v) is 5.86. The molecule has 0 saturated carbocycles. The molecule has 0 rings (SSSR count). The third-order valence-electron chi connectivity index (χ3n) is 0.764. The van der Waals surface area contributed by atoms with E-state index in [1.165, 1.54) is 11.8 Å². The molecule has 0 aromatic carbocycles. The Bertz CT molecular complexity index is 82.5. The summed E-state index contributed by atoms with van der Waals surface area (Å²) in [5.74, 6) is 0.143. The molecule has 0 radical (unpaired) electrons. The average molecular weight is 134 g/mol. The molecule has 2 nitrogen and oxygen atoms in total. The van der Waals surface area contributed by atoms with Crippen LogP contribution in [0.1, 0.15) is 13.8 Å². The lowest BCUT2D eigenvalue weighted by atomic mass is 10.5. The van der Waals surface area contributed by atoms with Gasteiger partial charge in [0.15, 0.2) is 0 Å². The van der Waals surface area contributed by atoms with Gasteiger partial charge in [0.25, 0.3) is 0 Å². The molecule has 0 unspecified atom stereocenters. The van der Waals surface area contributed by atoms with Crippen LogP contribution >= 0.6 is 11.8 Å². The number of carboxylic acid groups (broad SMARTS) is 1. The number of aliphatic carboxylic acids is 1. The van der Waals surface area contributed by atoms with Crippen molar-refractivity contribution in [3.8, 4) is 0 Å². The van der Waals surface area contributed by atoms with Crippen LogP contribution in [0.4, 0.5) is 0 Å². The van der Waals surface area contributed by atoms with E-state index in [0.29, 0.717) is 0 Å². The second-order valence-electron chi connectivity index (χ2n) is 1.44. The molecule has 48 valence electrons. The summed E-state index contributed by atoms with van der Waals surface area (Å²) in [5, 5.41) is 8.04. The van der Waals surface area contributed by atoms with Gasteiger partial charge in [0.1, 0.15) is 0 Å². The number of thioether (sulfide) groups is 1. The second-order valence-corrected chi connectivity index (χ2v) is 3.05. The minimum atomic E-state index is -0.725. The lowest BCUT2D eigenvalue weighted by Gasteiger charge is -2.00. The first-order valence-corrected chi connectivity index (χ1v) is 3.57. The molecule has 1 atom stereocenters. The summed E-state index contributed by atoms with van der Waals surface area (Å²) in [6, 6.07) is 0. The molecular weight excluding hydrogens is 124 g/mol. The third kappa shape index (κ3) is 2.91. The minimum Gasteiger partial charge on any atom is -0.480 e. The maximum atomic E-state index is 10.1. The molecule has 1 N–H and O–H groups in total. The number of hydrogen-bond donors (Lipinski definition) is 1. The van der Waals surface area contributed by atoms with Crippen molar-refractivity contribution in [2.75, 3.05) is 5.75 Å². The Morgan fingerprint density at radius 1 is 1.88 bits per heavy atom. The monoisotopic (exact) mass is 134 g/mol. The van der Waals surface area contributed by atoms with Crippen molar-refractivity contribution < 1.29 is 9.90 Å².